The molecule has 1 aromatic heterocycles. The van der Waals surface area contributed by atoms with Gasteiger partial charge in [0.2, 0.25) is 0 Å². The average Bonchev–Trinajstić information content (AvgIpc) is 3.54. The van der Waals surface area contributed by atoms with Gasteiger partial charge in [-0.2, -0.15) is 0 Å². The topological polar surface area (TPSA) is 55.3 Å². The van der Waals surface area contributed by atoms with Gasteiger partial charge in [0.05, 0.1) is 29.3 Å². The Morgan fingerprint density at radius 2 is 1.26 bits per heavy atom. The van der Waals surface area contributed by atoms with Crippen LogP contribution in [0, 0.1) is 0 Å². The number of hydrogen-bond donors (Lipinski definition) is 2. The summed E-state index contributed by atoms with van der Waals surface area (Å²) in [4.78, 5) is 5.23. The van der Waals surface area contributed by atoms with E-state index in [0.717, 1.165) is 56.1 Å². The second-order valence-corrected chi connectivity index (χ2v) is 13.4. The summed E-state index contributed by atoms with van der Waals surface area (Å²) in [6, 6.07) is 67.8. The first-order valence-corrected chi connectivity index (χ1v) is 18.1. The number of benzene rings is 8. The van der Waals surface area contributed by atoms with E-state index in [1.54, 1.807) is 0 Å². The fourth-order valence-electron chi connectivity index (χ4n) is 7.45. The van der Waals surface area contributed by atoms with Gasteiger partial charge in [0.15, 0.2) is 0 Å². The second kappa shape index (κ2) is 14.1. The van der Waals surface area contributed by atoms with Gasteiger partial charge in [-0.25, -0.2) is 0 Å². The normalized spacial score (nSPS) is 12.4. The third-order valence-corrected chi connectivity index (χ3v) is 10.0. The highest BCUT2D eigenvalue weighted by atomic mass is 15.0. The van der Waals surface area contributed by atoms with E-state index in [4.69, 9.17) is 10.7 Å². The fraction of sp³-hybridized carbons (Fsp3) is 0.0408. The molecule has 1 atom stereocenters. The Balaban J connectivity index is 1.12. The standard InChI is InChI=1S/C49H38N4/c50-48(37-19-6-2-7-20-37)49(39-28-27-35-16-10-11-21-38(35)30-39)51-33-34-15-14-22-40(29-34)52-45-32-47-44(31-43(45)36-17-4-1-5-18-36)42-25-12-13-26-46(42)53(47)41-23-8-3-9-24-41/h1-32,48,52H,33,50H2/t48-/m1/s1. The molecule has 3 N–H and O–H groups in total. The van der Waals surface area contributed by atoms with Crippen molar-refractivity contribution in [1.82, 2.24) is 4.57 Å². The van der Waals surface area contributed by atoms with Gasteiger partial charge in [-0.1, -0.05) is 146 Å². The molecular weight excluding hydrogens is 645 g/mol. The zero-order valence-electron chi connectivity index (χ0n) is 29.2. The number of aromatic nitrogens is 1. The third-order valence-electron chi connectivity index (χ3n) is 10.0. The summed E-state index contributed by atoms with van der Waals surface area (Å²) in [5.74, 6) is 0. The van der Waals surface area contributed by atoms with Crippen LogP contribution in [-0.4, -0.2) is 10.3 Å². The Labute approximate surface area is 309 Å². The highest BCUT2D eigenvalue weighted by Gasteiger charge is 2.18. The number of hydrogen-bond acceptors (Lipinski definition) is 3. The molecule has 0 aliphatic heterocycles. The molecule has 4 nitrogen and oxygen atoms in total. The first kappa shape index (κ1) is 32.2. The first-order chi connectivity index (χ1) is 26.2. The lowest BCUT2D eigenvalue weighted by molar-refractivity contribution is 0.933. The predicted molar refractivity (Wildman–Crippen MR) is 224 cm³/mol. The molecule has 8 aromatic carbocycles. The third kappa shape index (κ3) is 6.37. The minimum absolute atomic E-state index is 0.366. The van der Waals surface area contributed by atoms with E-state index >= 15 is 0 Å². The summed E-state index contributed by atoms with van der Waals surface area (Å²) < 4.78 is 2.36. The van der Waals surface area contributed by atoms with Gasteiger partial charge < -0.3 is 15.6 Å². The van der Waals surface area contributed by atoms with Crippen molar-refractivity contribution in [3.63, 3.8) is 0 Å². The molecule has 9 rings (SSSR count). The van der Waals surface area contributed by atoms with Crippen molar-refractivity contribution in [3.05, 3.63) is 211 Å². The molecule has 0 saturated heterocycles. The number of rotatable bonds is 9. The van der Waals surface area contributed by atoms with E-state index in [9.17, 15) is 0 Å². The maximum atomic E-state index is 6.97. The molecule has 0 radical (unpaired) electrons. The number of fused-ring (bicyclic) bond motifs is 4. The predicted octanol–water partition coefficient (Wildman–Crippen LogP) is 12.0. The molecule has 0 amide bonds. The van der Waals surface area contributed by atoms with Crippen LogP contribution in [0.4, 0.5) is 11.4 Å². The second-order valence-electron chi connectivity index (χ2n) is 13.4. The lowest BCUT2D eigenvalue weighted by Crippen LogP contribution is -2.23. The number of aliphatic imine (C=N–C) groups is 1. The fourth-order valence-corrected chi connectivity index (χ4v) is 7.45. The Kier molecular flexibility index (Phi) is 8.56. The maximum absolute atomic E-state index is 6.97. The summed E-state index contributed by atoms with van der Waals surface area (Å²) in [5, 5.41) is 8.63. The minimum Gasteiger partial charge on any atom is -0.355 e. The number of para-hydroxylation sites is 2. The van der Waals surface area contributed by atoms with E-state index in [-0.39, 0.29) is 6.04 Å². The molecule has 0 fully saturated rings. The minimum atomic E-state index is -0.366. The highest BCUT2D eigenvalue weighted by molar-refractivity contribution is 6.12. The number of nitrogens with two attached hydrogens (primary N) is 1. The van der Waals surface area contributed by atoms with Crippen LogP contribution in [0.25, 0.3) is 49.4 Å². The number of anilines is 2. The van der Waals surface area contributed by atoms with Crippen LogP contribution in [0.2, 0.25) is 0 Å². The lowest BCUT2D eigenvalue weighted by atomic mass is 9.95. The molecule has 0 saturated carbocycles. The molecule has 9 aromatic rings. The van der Waals surface area contributed by atoms with E-state index in [0.29, 0.717) is 6.54 Å². The monoisotopic (exact) mass is 682 g/mol. The van der Waals surface area contributed by atoms with Crippen LogP contribution in [0.5, 0.6) is 0 Å². The summed E-state index contributed by atoms with van der Waals surface area (Å²) in [6.07, 6.45) is 0. The van der Waals surface area contributed by atoms with Crippen LogP contribution in [0.3, 0.4) is 0 Å². The van der Waals surface area contributed by atoms with Crippen molar-refractivity contribution in [1.29, 1.82) is 0 Å². The zero-order valence-corrected chi connectivity index (χ0v) is 29.2. The average molecular weight is 683 g/mol. The first-order valence-electron chi connectivity index (χ1n) is 18.1. The van der Waals surface area contributed by atoms with Gasteiger partial charge >= 0.3 is 0 Å². The van der Waals surface area contributed by atoms with Crippen molar-refractivity contribution in [2.45, 2.75) is 12.6 Å². The Morgan fingerprint density at radius 1 is 0.566 bits per heavy atom. The van der Waals surface area contributed by atoms with Crippen molar-refractivity contribution >= 4 is 49.7 Å². The molecule has 0 unspecified atom stereocenters. The van der Waals surface area contributed by atoms with Gasteiger partial charge in [-0.15, -0.1) is 0 Å². The molecule has 254 valence electrons. The molecule has 53 heavy (non-hydrogen) atoms. The van der Waals surface area contributed by atoms with Crippen LogP contribution in [0.1, 0.15) is 22.7 Å². The van der Waals surface area contributed by atoms with Gasteiger partial charge in [0.1, 0.15) is 0 Å². The molecule has 0 bridgehead atoms. The van der Waals surface area contributed by atoms with Crippen LogP contribution < -0.4 is 11.1 Å². The van der Waals surface area contributed by atoms with Crippen molar-refractivity contribution in [3.8, 4) is 16.8 Å². The summed E-state index contributed by atoms with van der Waals surface area (Å²) in [7, 11) is 0. The quantitative estimate of drug-likeness (QED) is 0.149. The van der Waals surface area contributed by atoms with Crippen molar-refractivity contribution < 1.29 is 0 Å². The van der Waals surface area contributed by atoms with Gasteiger partial charge in [0, 0.05) is 33.4 Å². The Morgan fingerprint density at radius 3 is 2.08 bits per heavy atom. The summed E-state index contributed by atoms with van der Waals surface area (Å²) in [6.45, 7) is 0.491. The summed E-state index contributed by atoms with van der Waals surface area (Å²) in [5.41, 5.74) is 18.8. The van der Waals surface area contributed by atoms with E-state index in [1.807, 2.05) is 18.2 Å². The van der Waals surface area contributed by atoms with Crippen LogP contribution in [0.15, 0.2) is 199 Å². The van der Waals surface area contributed by atoms with E-state index in [2.05, 4.69) is 186 Å². The van der Waals surface area contributed by atoms with Crippen molar-refractivity contribution in [2.75, 3.05) is 5.32 Å². The maximum Gasteiger partial charge on any atom is 0.0728 e. The van der Waals surface area contributed by atoms with Gasteiger partial charge in [0.25, 0.3) is 0 Å². The molecular formula is C49H38N4. The Bertz CT molecular complexity index is 2730. The molecule has 4 heteroatoms. The lowest BCUT2D eigenvalue weighted by Gasteiger charge is -2.17. The van der Waals surface area contributed by atoms with Gasteiger partial charge in [-0.05, 0) is 81.6 Å². The summed E-state index contributed by atoms with van der Waals surface area (Å²) >= 11 is 0. The smallest absolute Gasteiger partial charge is 0.0728 e. The van der Waals surface area contributed by atoms with E-state index < -0.39 is 0 Å². The molecule has 0 aliphatic carbocycles. The largest absolute Gasteiger partial charge is 0.355 e. The van der Waals surface area contributed by atoms with E-state index in [1.165, 1.54) is 27.1 Å². The zero-order chi connectivity index (χ0) is 35.6. The van der Waals surface area contributed by atoms with Gasteiger partial charge in [-0.3, -0.25) is 4.99 Å². The molecule has 0 aliphatic rings. The van der Waals surface area contributed by atoms with Crippen molar-refractivity contribution in [2.24, 2.45) is 10.7 Å². The Hall–Kier alpha value is -6.75. The molecule has 1 heterocycles. The SMILES string of the molecule is N[C@@H](C(=NCc1cccc(Nc2cc3c(cc2-c2ccccc2)c2ccccc2n3-c2ccccc2)c1)c1ccc2ccccc2c1)c1ccccc1. The van der Waals surface area contributed by atoms with Crippen LogP contribution >= 0.6 is 0 Å². The number of nitrogens with zero attached hydrogens (tertiary/aromatic N) is 2. The van der Waals surface area contributed by atoms with Crippen LogP contribution in [-0.2, 0) is 6.54 Å². The number of nitrogens with one attached hydrogen (secondary N) is 1. The molecule has 0 spiro atoms. The highest BCUT2D eigenvalue weighted by Crippen LogP contribution is 2.40.